The molecule has 0 aliphatic heterocycles. The predicted octanol–water partition coefficient (Wildman–Crippen LogP) is 2.83. The van der Waals surface area contributed by atoms with E-state index in [4.69, 9.17) is 4.74 Å². The van der Waals surface area contributed by atoms with Crippen LogP contribution in [0.5, 0.6) is 0 Å². The molecule has 2 aromatic carbocycles. The quantitative estimate of drug-likeness (QED) is 0.891. The fourth-order valence-electron chi connectivity index (χ4n) is 2.12. The fraction of sp³-hybridized carbons (Fsp3) is 0.278. The van der Waals surface area contributed by atoms with Crippen molar-refractivity contribution in [2.75, 3.05) is 26.1 Å². The smallest absolute Gasteiger partial charge is 0.251 e. The second kappa shape index (κ2) is 7.61. The molecule has 0 saturated heterocycles. The molecular formula is C18H22N2O2. The van der Waals surface area contributed by atoms with Gasteiger partial charge in [0.15, 0.2) is 0 Å². The maximum absolute atomic E-state index is 12.1. The number of ether oxygens (including phenoxy) is 1. The van der Waals surface area contributed by atoms with Crippen LogP contribution in [0.1, 0.15) is 21.5 Å². The minimum atomic E-state index is -0.0636. The number of amides is 1. The molecule has 1 amide bonds. The monoisotopic (exact) mass is 298 g/mol. The Balaban J connectivity index is 1.91. The molecule has 4 heteroatoms. The lowest BCUT2D eigenvalue weighted by molar-refractivity contribution is 0.0951. The van der Waals surface area contributed by atoms with E-state index in [1.807, 2.05) is 67.5 Å². The van der Waals surface area contributed by atoms with Crippen LogP contribution in [0.15, 0.2) is 48.5 Å². The summed E-state index contributed by atoms with van der Waals surface area (Å²) in [5.74, 6) is -0.0636. The van der Waals surface area contributed by atoms with E-state index in [-0.39, 0.29) is 5.91 Å². The van der Waals surface area contributed by atoms with Crippen molar-refractivity contribution >= 4 is 11.6 Å². The van der Waals surface area contributed by atoms with Gasteiger partial charge in [0.25, 0.3) is 5.91 Å². The molecule has 0 spiro atoms. The molecule has 2 rings (SSSR count). The normalized spacial score (nSPS) is 10.3. The van der Waals surface area contributed by atoms with Crippen LogP contribution in [0.4, 0.5) is 5.69 Å². The summed E-state index contributed by atoms with van der Waals surface area (Å²) in [5, 5.41) is 2.93. The largest absolute Gasteiger partial charge is 0.380 e. The summed E-state index contributed by atoms with van der Waals surface area (Å²) in [6.07, 6.45) is 0. The van der Waals surface area contributed by atoms with Crippen LogP contribution >= 0.6 is 0 Å². The lowest BCUT2D eigenvalue weighted by Gasteiger charge is -2.12. The maximum Gasteiger partial charge on any atom is 0.251 e. The molecule has 0 radical (unpaired) electrons. The van der Waals surface area contributed by atoms with Gasteiger partial charge in [-0.1, -0.05) is 24.3 Å². The van der Waals surface area contributed by atoms with Crippen LogP contribution in [-0.2, 0) is 17.9 Å². The van der Waals surface area contributed by atoms with Crippen LogP contribution in [-0.4, -0.2) is 27.1 Å². The number of carbonyl (C=O) groups excluding carboxylic acids is 1. The number of hydrogen-bond donors (Lipinski definition) is 1. The molecule has 22 heavy (non-hydrogen) atoms. The molecule has 1 N–H and O–H groups in total. The first-order chi connectivity index (χ1) is 10.6. The van der Waals surface area contributed by atoms with Gasteiger partial charge < -0.3 is 15.0 Å². The SMILES string of the molecule is COCc1ccc(CNC(=O)c2ccc(N(C)C)cc2)cc1. The van der Waals surface area contributed by atoms with Gasteiger partial charge in [-0.15, -0.1) is 0 Å². The number of nitrogens with zero attached hydrogens (tertiary/aromatic N) is 1. The van der Waals surface area contributed by atoms with Crippen molar-refractivity contribution in [1.82, 2.24) is 5.32 Å². The van der Waals surface area contributed by atoms with Crippen molar-refractivity contribution in [3.63, 3.8) is 0 Å². The number of methoxy groups -OCH3 is 1. The summed E-state index contributed by atoms with van der Waals surface area (Å²) in [4.78, 5) is 14.1. The zero-order chi connectivity index (χ0) is 15.9. The molecule has 0 aliphatic rings. The molecule has 0 heterocycles. The summed E-state index contributed by atoms with van der Waals surface area (Å²) in [6.45, 7) is 1.12. The Labute approximate surface area is 131 Å². The molecule has 2 aromatic rings. The summed E-state index contributed by atoms with van der Waals surface area (Å²) < 4.78 is 5.08. The Kier molecular flexibility index (Phi) is 5.55. The number of benzene rings is 2. The third-order valence-corrected chi connectivity index (χ3v) is 3.43. The second-order valence-corrected chi connectivity index (χ2v) is 5.37. The minimum Gasteiger partial charge on any atom is -0.380 e. The molecule has 0 fully saturated rings. The van der Waals surface area contributed by atoms with Gasteiger partial charge in [-0.3, -0.25) is 4.79 Å². The first kappa shape index (κ1) is 16.0. The van der Waals surface area contributed by atoms with Gasteiger partial charge in [0.1, 0.15) is 0 Å². The van der Waals surface area contributed by atoms with Crippen LogP contribution in [0, 0.1) is 0 Å². The molecule has 0 aliphatic carbocycles. The molecular weight excluding hydrogens is 276 g/mol. The Bertz CT molecular complexity index is 604. The van der Waals surface area contributed by atoms with Crippen LogP contribution < -0.4 is 10.2 Å². The predicted molar refractivity (Wildman–Crippen MR) is 89.1 cm³/mol. The molecule has 116 valence electrons. The van der Waals surface area contributed by atoms with Crippen molar-refractivity contribution in [3.8, 4) is 0 Å². The van der Waals surface area contributed by atoms with Gasteiger partial charge in [-0.25, -0.2) is 0 Å². The van der Waals surface area contributed by atoms with E-state index >= 15 is 0 Å². The molecule has 0 saturated carbocycles. The van der Waals surface area contributed by atoms with E-state index in [0.717, 1.165) is 16.8 Å². The van der Waals surface area contributed by atoms with E-state index in [0.29, 0.717) is 18.7 Å². The second-order valence-electron chi connectivity index (χ2n) is 5.37. The molecule has 0 unspecified atom stereocenters. The van der Waals surface area contributed by atoms with Gasteiger partial charge in [0.05, 0.1) is 6.61 Å². The van der Waals surface area contributed by atoms with Crippen molar-refractivity contribution in [1.29, 1.82) is 0 Å². The van der Waals surface area contributed by atoms with Gasteiger partial charge in [-0.2, -0.15) is 0 Å². The standard InChI is InChI=1S/C18H22N2O2/c1-20(2)17-10-8-16(9-11-17)18(21)19-12-14-4-6-15(7-5-14)13-22-3/h4-11H,12-13H2,1-3H3,(H,19,21). The van der Waals surface area contributed by atoms with E-state index in [1.165, 1.54) is 0 Å². The highest BCUT2D eigenvalue weighted by atomic mass is 16.5. The lowest BCUT2D eigenvalue weighted by Crippen LogP contribution is -2.22. The van der Waals surface area contributed by atoms with Gasteiger partial charge in [0, 0.05) is 39.0 Å². The highest BCUT2D eigenvalue weighted by Crippen LogP contribution is 2.12. The van der Waals surface area contributed by atoms with Crippen LogP contribution in [0.2, 0.25) is 0 Å². The summed E-state index contributed by atoms with van der Waals surface area (Å²) in [7, 11) is 5.63. The third kappa shape index (κ3) is 4.33. The Morgan fingerprint density at radius 3 is 2.14 bits per heavy atom. The zero-order valence-corrected chi connectivity index (χ0v) is 13.3. The topological polar surface area (TPSA) is 41.6 Å². The Morgan fingerprint density at radius 2 is 1.59 bits per heavy atom. The van der Waals surface area contributed by atoms with Gasteiger partial charge in [0.2, 0.25) is 0 Å². The van der Waals surface area contributed by atoms with Crippen molar-refractivity contribution in [2.45, 2.75) is 13.2 Å². The summed E-state index contributed by atoms with van der Waals surface area (Å²) in [6, 6.07) is 15.6. The average molecular weight is 298 g/mol. The number of hydrogen-bond acceptors (Lipinski definition) is 3. The summed E-state index contributed by atoms with van der Waals surface area (Å²) >= 11 is 0. The maximum atomic E-state index is 12.1. The van der Waals surface area contributed by atoms with Crippen molar-refractivity contribution in [2.24, 2.45) is 0 Å². The lowest BCUT2D eigenvalue weighted by atomic mass is 10.1. The van der Waals surface area contributed by atoms with Gasteiger partial charge >= 0.3 is 0 Å². The van der Waals surface area contributed by atoms with E-state index in [1.54, 1.807) is 7.11 Å². The number of carbonyl (C=O) groups is 1. The Morgan fingerprint density at radius 1 is 1.00 bits per heavy atom. The summed E-state index contributed by atoms with van der Waals surface area (Å²) in [5.41, 5.74) is 3.93. The number of rotatable bonds is 6. The number of nitrogens with one attached hydrogen (secondary N) is 1. The van der Waals surface area contributed by atoms with Crippen molar-refractivity contribution < 1.29 is 9.53 Å². The molecule has 0 aromatic heterocycles. The highest BCUT2D eigenvalue weighted by molar-refractivity contribution is 5.94. The highest BCUT2D eigenvalue weighted by Gasteiger charge is 2.05. The Hall–Kier alpha value is -2.33. The van der Waals surface area contributed by atoms with Crippen LogP contribution in [0.3, 0.4) is 0 Å². The first-order valence-electron chi connectivity index (χ1n) is 7.22. The van der Waals surface area contributed by atoms with E-state index in [9.17, 15) is 4.79 Å². The van der Waals surface area contributed by atoms with E-state index < -0.39 is 0 Å². The van der Waals surface area contributed by atoms with Crippen LogP contribution in [0.25, 0.3) is 0 Å². The van der Waals surface area contributed by atoms with E-state index in [2.05, 4.69) is 5.32 Å². The molecule has 0 atom stereocenters. The average Bonchev–Trinajstić information content (AvgIpc) is 2.54. The van der Waals surface area contributed by atoms with Crippen molar-refractivity contribution in [3.05, 3.63) is 65.2 Å². The molecule has 4 nitrogen and oxygen atoms in total. The minimum absolute atomic E-state index is 0.0636. The third-order valence-electron chi connectivity index (χ3n) is 3.43. The zero-order valence-electron chi connectivity index (χ0n) is 13.3. The molecule has 0 bridgehead atoms. The fourth-order valence-corrected chi connectivity index (χ4v) is 2.12. The number of anilines is 1. The van der Waals surface area contributed by atoms with Gasteiger partial charge in [-0.05, 0) is 35.4 Å². The first-order valence-corrected chi connectivity index (χ1v) is 7.22.